The van der Waals surface area contributed by atoms with Crippen LogP contribution in [0.25, 0.3) is 0 Å². The first-order valence-corrected chi connectivity index (χ1v) is 6.63. The van der Waals surface area contributed by atoms with Crippen molar-refractivity contribution < 1.29 is 9.47 Å². The molecule has 104 valence electrons. The fourth-order valence-corrected chi connectivity index (χ4v) is 2.30. The predicted octanol–water partition coefficient (Wildman–Crippen LogP) is 1.88. The molecule has 0 bridgehead atoms. The lowest BCUT2D eigenvalue weighted by atomic mass is 10.2. The molecule has 3 rings (SSSR count). The molecule has 0 spiro atoms. The minimum atomic E-state index is 0.401. The molecule has 2 heterocycles. The first-order valence-electron chi connectivity index (χ1n) is 6.63. The first kappa shape index (κ1) is 12.9. The molecule has 1 aliphatic heterocycles. The Morgan fingerprint density at radius 3 is 2.85 bits per heavy atom. The third kappa shape index (κ3) is 2.88. The highest BCUT2D eigenvalue weighted by molar-refractivity contribution is 5.33. The monoisotopic (exact) mass is 271 g/mol. The Kier molecular flexibility index (Phi) is 3.78. The van der Waals surface area contributed by atoms with Crippen LogP contribution in [-0.4, -0.2) is 35.1 Å². The molecule has 20 heavy (non-hydrogen) atoms. The number of hydrogen-bond donors (Lipinski definition) is 0. The van der Waals surface area contributed by atoms with Crippen molar-refractivity contribution in [2.24, 2.45) is 0 Å². The second-order valence-electron chi connectivity index (χ2n) is 4.74. The Bertz CT molecular complexity index is 572. The van der Waals surface area contributed by atoms with Crippen LogP contribution in [0.2, 0.25) is 0 Å². The predicted molar refractivity (Wildman–Crippen MR) is 74.6 cm³/mol. The molecular formula is C15H17N3O2. The summed E-state index contributed by atoms with van der Waals surface area (Å²) in [4.78, 5) is 10.6. The fourth-order valence-electron chi connectivity index (χ4n) is 2.30. The lowest BCUT2D eigenvalue weighted by molar-refractivity contribution is 0.219. The molecule has 2 aromatic rings. The number of methoxy groups -OCH3 is 1. The average Bonchev–Trinajstić information content (AvgIpc) is 2.69. The molecule has 0 saturated carbocycles. The topological polar surface area (TPSA) is 47.5 Å². The minimum absolute atomic E-state index is 0.401. The zero-order valence-electron chi connectivity index (χ0n) is 11.5. The van der Waals surface area contributed by atoms with Gasteiger partial charge in [-0.15, -0.1) is 0 Å². The maximum absolute atomic E-state index is 5.76. The number of aromatic nitrogens is 2. The van der Waals surface area contributed by atoms with Gasteiger partial charge in [-0.3, -0.25) is 4.90 Å². The Morgan fingerprint density at radius 2 is 2.05 bits per heavy atom. The van der Waals surface area contributed by atoms with E-state index in [4.69, 9.17) is 9.47 Å². The Labute approximate surface area is 118 Å². The third-order valence-electron chi connectivity index (χ3n) is 3.30. The van der Waals surface area contributed by atoms with Crippen molar-refractivity contribution in [3.63, 3.8) is 0 Å². The molecule has 5 nitrogen and oxygen atoms in total. The molecule has 5 heteroatoms. The molecule has 0 N–H and O–H groups in total. The van der Waals surface area contributed by atoms with E-state index >= 15 is 0 Å². The molecule has 0 fully saturated rings. The van der Waals surface area contributed by atoms with Gasteiger partial charge in [-0.05, 0) is 6.07 Å². The van der Waals surface area contributed by atoms with Crippen molar-refractivity contribution >= 4 is 0 Å². The smallest absolute Gasteiger partial charge is 0.316 e. The third-order valence-corrected chi connectivity index (χ3v) is 3.30. The maximum atomic E-state index is 5.76. The van der Waals surface area contributed by atoms with Crippen LogP contribution in [0.15, 0.2) is 36.7 Å². The zero-order chi connectivity index (χ0) is 13.8. The highest BCUT2D eigenvalue weighted by Crippen LogP contribution is 2.23. The Hall–Kier alpha value is -2.14. The van der Waals surface area contributed by atoms with Gasteiger partial charge in [0.25, 0.3) is 0 Å². The summed E-state index contributed by atoms with van der Waals surface area (Å²) in [7, 11) is 1.57. The summed E-state index contributed by atoms with van der Waals surface area (Å²) < 4.78 is 10.7. The van der Waals surface area contributed by atoms with Gasteiger partial charge in [-0.25, -0.2) is 9.97 Å². The number of benzene rings is 1. The molecule has 0 amide bonds. The van der Waals surface area contributed by atoms with Crippen LogP contribution >= 0.6 is 0 Å². The molecule has 0 saturated heterocycles. The maximum Gasteiger partial charge on any atom is 0.316 e. The van der Waals surface area contributed by atoms with Crippen LogP contribution < -0.4 is 9.47 Å². The lowest BCUT2D eigenvalue weighted by Crippen LogP contribution is -2.25. The summed E-state index contributed by atoms with van der Waals surface area (Å²) in [5, 5.41) is 0. The first-order chi connectivity index (χ1) is 9.85. The summed E-state index contributed by atoms with van der Waals surface area (Å²) in [6.07, 6.45) is 3.62. The molecule has 0 unspecified atom stereocenters. The summed E-state index contributed by atoms with van der Waals surface area (Å²) in [6.45, 7) is 3.28. The molecular weight excluding hydrogens is 254 g/mol. The van der Waals surface area contributed by atoms with E-state index in [0.717, 1.165) is 30.9 Å². The number of rotatable bonds is 3. The van der Waals surface area contributed by atoms with Crippen molar-refractivity contribution in [1.29, 1.82) is 0 Å². The normalized spacial score (nSPS) is 15.1. The van der Waals surface area contributed by atoms with E-state index in [2.05, 4.69) is 20.9 Å². The number of nitrogens with zero attached hydrogens (tertiary/aromatic N) is 3. The van der Waals surface area contributed by atoms with Crippen molar-refractivity contribution in [3.8, 4) is 11.8 Å². The lowest BCUT2D eigenvalue weighted by Gasteiger charge is -2.18. The van der Waals surface area contributed by atoms with Gasteiger partial charge >= 0.3 is 6.01 Å². The molecule has 1 aliphatic rings. The number of fused-ring (bicyclic) bond motifs is 1. The van der Waals surface area contributed by atoms with E-state index in [9.17, 15) is 0 Å². The molecule has 1 aromatic carbocycles. The number of ether oxygens (including phenoxy) is 2. The van der Waals surface area contributed by atoms with E-state index in [1.165, 1.54) is 5.56 Å². The van der Waals surface area contributed by atoms with Crippen molar-refractivity contribution in [1.82, 2.24) is 14.9 Å². The molecule has 1 aromatic heterocycles. The van der Waals surface area contributed by atoms with Crippen LogP contribution in [0.3, 0.4) is 0 Å². The van der Waals surface area contributed by atoms with Crippen LogP contribution in [0.5, 0.6) is 11.8 Å². The summed E-state index contributed by atoms with van der Waals surface area (Å²) in [5.74, 6) is 0.987. The molecule has 0 aliphatic carbocycles. The second kappa shape index (κ2) is 5.88. The van der Waals surface area contributed by atoms with Crippen LogP contribution in [0, 0.1) is 0 Å². The van der Waals surface area contributed by atoms with Gasteiger partial charge in [-0.2, -0.15) is 0 Å². The van der Waals surface area contributed by atoms with Crippen molar-refractivity contribution in [2.45, 2.75) is 13.1 Å². The highest BCUT2D eigenvalue weighted by atomic mass is 16.5. The van der Waals surface area contributed by atoms with E-state index in [1.807, 2.05) is 30.6 Å². The number of hydrogen-bond acceptors (Lipinski definition) is 5. The fraction of sp³-hybridized carbons (Fsp3) is 0.333. The summed E-state index contributed by atoms with van der Waals surface area (Å²) >= 11 is 0. The van der Waals surface area contributed by atoms with E-state index in [1.54, 1.807) is 7.11 Å². The minimum Gasteiger partial charge on any atom is -0.492 e. The van der Waals surface area contributed by atoms with E-state index < -0.39 is 0 Å². The van der Waals surface area contributed by atoms with Gasteiger partial charge in [0.05, 0.1) is 7.11 Å². The molecule has 0 radical (unpaired) electrons. The Balaban J connectivity index is 1.71. The van der Waals surface area contributed by atoms with Gasteiger partial charge in [0.2, 0.25) is 0 Å². The van der Waals surface area contributed by atoms with Gasteiger partial charge in [0.1, 0.15) is 12.4 Å². The van der Waals surface area contributed by atoms with Gasteiger partial charge in [-0.1, -0.05) is 18.2 Å². The zero-order valence-corrected chi connectivity index (χ0v) is 11.5. The number of para-hydroxylation sites is 1. The SMILES string of the molecule is COc1ncc(CN2CCOc3ccccc3C2)cn1. The van der Waals surface area contributed by atoms with Crippen molar-refractivity contribution in [2.75, 3.05) is 20.3 Å². The van der Waals surface area contributed by atoms with E-state index in [0.29, 0.717) is 12.6 Å². The quantitative estimate of drug-likeness (QED) is 0.853. The van der Waals surface area contributed by atoms with Gasteiger partial charge in [0, 0.05) is 43.2 Å². The van der Waals surface area contributed by atoms with Crippen LogP contribution in [0.4, 0.5) is 0 Å². The van der Waals surface area contributed by atoms with Gasteiger partial charge in [0.15, 0.2) is 0 Å². The van der Waals surface area contributed by atoms with Crippen molar-refractivity contribution in [3.05, 3.63) is 47.8 Å². The van der Waals surface area contributed by atoms with Crippen LogP contribution in [-0.2, 0) is 13.1 Å². The standard InChI is InChI=1S/C15H17N3O2/c1-19-15-16-8-12(9-17-15)10-18-6-7-20-14-5-3-2-4-13(14)11-18/h2-5,8-9H,6-7,10-11H2,1H3. The van der Waals surface area contributed by atoms with Gasteiger partial charge < -0.3 is 9.47 Å². The molecule has 0 atom stereocenters. The Morgan fingerprint density at radius 1 is 1.25 bits per heavy atom. The second-order valence-corrected chi connectivity index (χ2v) is 4.74. The largest absolute Gasteiger partial charge is 0.492 e. The average molecular weight is 271 g/mol. The summed E-state index contributed by atoms with van der Waals surface area (Å²) in [5.41, 5.74) is 2.30. The van der Waals surface area contributed by atoms with Crippen LogP contribution in [0.1, 0.15) is 11.1 Å². The van der Waals surface area contributed by atoms with E-state index in [-0.39, 0.29) is 0 Å². The highest BCUT2D eigenvalue weighted by Gasteiger charge is 2.15. The summed E-state index contributed by atoms with van der Waals surface area (Å²) in [6, 6.07) is 8.58.